The second kappa shape index (κ2) is 12.8. The molecule has 2 N–H and O–H groups in total. The minimum Gasteiger partial charge on any atom is -0.493 e. The summed E-state index contributed by atoms with van der Waals surface area (Å²) in [6, 6.07) is 10.2. The Labute approximate surface area is 260 Å². The second-order valence-corrected chi connectivity index (χ2v) is 13.3. The maximum atomic E-state index is 13.5. The molecule has 1 aliphatic heterocycles. The number of piperazine rings is 1. The first-order valence-electron chi connectivity index (χ1n) is 16.2. The number of carbonyl (C=O) groups is 1. The highest BCUT2D eigenvalue weighted by Crippen LogP contribution is 2.51. The van der Waals surface area contributed by atoms with E-state index in [0.717, 1.165) is 41.0 Å². The Morgan fingerprint density at radius 1 is 1.00 bits per heavy atom. The van der Waals surface area contributed by atoms with Crippen LogP contribution >= 0.6 is 0 Å². The van der Waals surface area contributed by atoms with Gasteiger partial charge in [-0.15, -0.1) is 0 Å². The number of nitrogens with zero attached hydrogens (tertiary/aromatic N) is 4. The monoisotopic (exact) mass is 603 g/mol. The van der Waals surface area contributed by atoms with Gasteiger partial charge >= 0.3 is 0 Å². The lowest BCUT2D eigenvalue weighted by atomic mass is 9.62. The third-order valence-electron chi connectivity index (χ3n) is 10.7. The molecule has 2 aliphatic carbocycles. The van der Waals surface area contributed by atoms with E-state index < -0.39 is 0 Å². The van der Waals surface area contributed by atoms with Crippen LogP contribution in [0.2, 0.25) is 0 Å². The van der Waals surface area contributed by atoms with Gasteiger partial charge in [0.25, 0.3) is 0 Å². The number of amides is 1. The van der Waals surface area contributed by atoms with E-state index in [4.69, 9.17) is 25.2 Å². The number of rotatable bonds is 9. The predicted molar refractivity (Wildman–Crippen MR) is 171 cm³/mol. The number of carbonyl (C=O) groups excluding carboxylic acids is 1. The molecule has 3 aliphatic rings. The maximum Gasteiger partial charge on any atom is 0.228 e. The SMILES string of the molecule is COc1cc2nc(N3CCN(C(=O)CCc4ccc(F)cc4)CC3C3CCC(C4CCC4C(C)C)C3)nc(N)c2cc1OC. The van der Waals surface area contributed by atoms with Crippen molar-refractivity contribution in [1.82, 2.24) is 14.9 Å². The summed E-state index contributed by atoms with van der Waals surface area (Å²) in [5, 5.41) is 0.725. The summed E-state index contributed by atoms with van der Waals surface area (Å²) in [7, 11) is 3.21. The summed E-state index contributed by atoms with van der Waals surface area (Å²) >= 11 is 0. The van der Waals surface area contributed by atoms with Crippen molar-refractivity contribution in [1.29, 1.82) is 0 Å². The number of methoxy groups -OCH3 is 2. The van der Waals surface area contributed by atoms with Crippen LogP contribution in [-0.2, 0) is 11.2 Å². The fourth-order valence-corrected chi connectivity index (χ4v) is 8.10. The maximum absolute atomic E-state index is 13.5. The Balaban J connectivity index is 1.25. The van der Waals surface area contributed by atoms with Crippen molar-refractivity contribution < 1.29 is 18.7 Å². The Kier molecular flexibility index (Phi) is 8.83. The molecule has 5 unspecified atom stereocenters. The number of nitrogen functional groups attached to an aromatic ring is 1. The molecule has 236 valence electrons. The molecule has 1 saturated heterocycles. The predicted octanol–water partition coefficient (Wildman–Crippen LogP) is 6.12. The summed E-state index contributed by atoms with van der Waals surface area (Å²) in [6.45, 7) is 6.62. The van der Waals surface area contributed by atoms with Gasteiger partial charge in [0.2, 0.25) is 11.9 Å². The number of ether oxygens (including phenoxy) is 2. The van der Waals surface area contributed by atoms with Crippen molar-refractivity contribution in [3.8, 4) is 11.5 Å². The molecule has 1 amide bonds. The van der Waals surface area contributed by atoms with Crippen LogP contribution < -0.4 is 20.1 Å². The molecule has 0 radical (unpaired) electrons. The van der Waals surface area contributed by atoms with Crippen molar-refractivity contribution in [2.24, 2.45) is 29.6 Å². The Bertz CT molecular complexity index is 1480. The fourth-order valence-electron chi connectivity index (χ4n) is 8.10. The smallest absolute Gasteiger partial charge is 0.228 e. The van der Waals surface area contributed by atoms with E-state index in [1.165, 1.54) is 37.8 Å². The van der Waals surface area contributed by atoms with Crippen molar-refractivity contribution in [2.45, 2.75) is 64.8 Å². The number of nitrogens with two attached hydrogens (primary N) is 1. The number of benzene rings is 2. The standard InChI is InChI=1S/C35H46FN5O3/c1-21(2)26-12-13-27(26)23-8-9-24(17-23)30-20-40(33(42)14-7-22-5-10-25(36)11-6-22)15-16-41(30)35-38-29-19-32(44-4)31(43-3)18-28(29)34(37)39-35/h5-6,10-11,18-19,21,23-24,26-27,30H,7-9,12-17,20H2,1-4H3,(H2,37,38,39). The van der Waals surface area contributed by atoms with Crippen LogP contribution in [0.5, 0.6) is 11.5 Å². The highest BCUT2D eigenvalue weighted by molar-refractivity contribution is 5.91. The molecule has 2 heterocycles. The molecule has 3 aromatic rings. The number of hydrogen-bond donors (Lipinski definition) is 1. The van der Waals surface area contributed by atoms with E-state index in [0.29, 0.717) is 67.2 Å². The first-order chi connectivity index (χ1) is 21.2. The highest BCUT2D eigenvalue weighted by atomic mass is 19.1. The first-order valence-corrected chi connectivity index (χ1v) is 16.2. The third kappa shape index (κ3) is 6.02. The quantitative estimate of drug-likeness (QED) is 0.315. The van der Waals surface area contributed by atoms with Gasteiger partial charge in [-0.05, 0) is 91.9 Å². The summed E-state index contributed by atoms with van der Waals surface area (Å²) in [6.07, 6.45) is 7.29. The van der Waals surface area contributed by atoms with Gasteiger partial charge in [-0.2, -0.15) is 4.98 Å². The van der Waals surface area contributed by atoms with Crippen LogP contribution in [0.15, 0.2) is 36.4 Å². The van der Waals surface area contributed by atoms with Gasteiger partial charge in [0.15, 0.2) is 11.5 Å². The van der Waals surface area contributed by atoms with Gasteiger partial charge in [0, 0.05) is 37.5 Å². The van der Waals surface area contributed by atoms with Crippen molar-refractivity contribution >= 4 is 28.6 Å². The molecule has 0 spiro atoms. The lowest BCUT2D eigenvalue weighted by molar-refractivity contribution is -0.132. The number of aromatic nitrogens is 2. The van der Waals surface area contributed by atoms with E-state index >= 15 is 0 Å². The van der Waals surface area contributed by atoms with Gasteiger partial charge in [-0.25, -0.2) is 9.37 Å². The summed E-state index contributed by atoms with van der Waals surface area (Å²) < 4.78 is 24.4. The van der Waals surface area contributed by atoms with Crippen molar-refractivity contribution in [3.05, 3.63) is 47.8 Å². The van der Waals surface area contributed by atoms with Gasteiger partial charge in [0.05, 0.1) is 25.8 Å². The number of fused-ring (bicyclic) bond motifs is 1. The van der Waals surface area contributed by atoms with E-state index in [1.807, 2.05) is 17.0 Å². The largest absolute Gasteiger partial charge is 0.493 e. The Morgan fingerprint density at radius 3 is 2.41 bits per heavy atom. The molecular weight excluding hydrogens is 557 g/mol. The lowest BCUT2D eigenvalue weighted by Crippen LogP contribution is -2.58. The van der Waals surface area contributed by atoms with Gasteiger partial charge in [0.1, 0.15) is 11.6 Å². The molecule has 2 aromatic carbocycles. The topological polar surface area (TPSA) is 93.8 Å². The van der Waals surface area contributed by atoms with Crippen LogP contribution in [0.25, 0.3) is 10.9 Å². The fraction of sp³-hybridized carbons (Fsp3) is 0.571. The highest BCUT2D eigenvalue weighted by Gasteiger charge is 2.45. The Morgan fingerprint density at radius 2 is 1.73 bits per heavy atom. The molecule has 44 heavy (non-hydrogen) atoms. The number of halogens is 1. The zero-order valence-corrected chi connectivity index (χ0v) is 26.5. The second-order valence-electron chi connectivity index (χ2n) is 13.3. The van der Waals surface area contributed by atoms with Crippen molar-refractivity contribution in [2.75, 3.05) is 44.5 Å². The van der Waals surface area contributed by atoms with E-state index in [-0.39, 0.29) is 17.8 Å². The third-order valence-corrected chi connectivity index (χ3v) is 10.7. The van der Waals surface area contributed by atoms with Gasteiger partial charge in [-0.1, -0.05) is 26.0 Å². The molecule has 0 bridgehead atoms. The number of anilines is 2. The zero-order valence-electron chi connectivity index (χ0n) is 26.5. The van der Waals surface area contributed by atoms with Crippen LogP contribution in [0.1, 0.15) is 57.9 Å². The average molecular weight is 604 g/mol. The minimum absolute atomic E-state index is 0.109. The number of hydrogen-bond acceptors (Lipinski definition) is 7. The summed E-state index contributed by atoms with van der Waals surface area (Å²) in [5.74, 6) is 5.66. The van der Waals surface area contributed by atoms with Crippen LogP contribution in [-0.4, -0.2) is 60.7 Å². The van der Waals surface area contributed by atoms with Crippen LogP contribution in [0.4, 0.5) is 16.2 Å². The molecule has 3 fully saturated rings. The van der Waals surface area contributed by atoms with Gasteiger partial charge in [-0.3, -0.25) is 4.79 Å². The minimum atomic E-state index is -0.260. The molecule has 9 heteroatoms. The van der Waals surface area contributed by atoms with E-state index in [2.05, 4.69) is 18.7 Å². The first kappa shape index (κ1) is 30.4. The van der Waals surface area contributed by atoms with Crippen LogP contribution in [0.3, 0.4) is 0 Å². The van der Waals surface area contributed by atoms with Crippen LogP contribution in [0, 0.1) is 35.4 Å². The molecule has 5 atom stereocenters. The number of aryl methyl sites for hydroxylation is 1. The summed E-state index contributed by atoms with van der Waals surface area (Å²) in [4.78, 5) is 27.6. The van der Waals surface area contributed by atoms with Gasteiger partial charge < -0.3 is 25.0 Å². The molecule has 8 nitrogen and oxygen atoms in total. The lowest BCUT2D eigenvalue weighted by Gasteiger charge is -2.45. The molecule has 1 aromatic heterocycles. The molecule has 2 saturated carbocycles. The van der Waals surface area contributed by atoms with E-state index in [9.17, 15) is 9.18 Å². The Hall–Kier alpha value is -3.62. The molecule has 6 rings (SSSR count). The zero-order chi connectivity index (χ0) is 31.0. The van der Waals surface area contributed by atoms with Crippen molar-refractivity contribution in [3.63, 3.8) is 0 Å². The average Bonchev–Trinajstić information content (AvgIpc) is 3.48. The molecular formula is C35H46FN5O3. The summed E-state index contributed by atoms with van der Waals surface area (Å²) in [5.41, 5.74) is 8.21. The normalized spacial score (nSPS) is 25.4. The van der Waals surface area contributed by atoms with E-state index in [1.54, 1.807) is 26.4 Å².